The molecule has 0 aliphatic carbocycles. The van der Waals surface area contributed by atoms with E-state index in [0.717, 1.165) is 32.0 Å². The van der Waals surface area contributed by atoms with Gasteiger partial charge in [-0.05, 0) is 52.9 Å². The SMILES string of the molecule is O=C(Nc1ccccc1I)c1ccc2nsnc2c1. The van der Waals surface area contributed by atoms with Crippen LogP contribution in [-0.2, 0) is 0 Å². The number of benzene rings is 2. The summed E-state index contributed by atoms with van der Waals surface area (Å²) in [4.78, 5) is 12.2. The van der Waals surface area contributed by atoms with Crippen LogP contribution in [0.25, 0.3) is 11.0 Å². The molecular formula is C13H8IN3OS. The van der Waals surface area contributed by atoms with Crippen LogP contribution in [-0.4, -0.2) is 14.7 Å². The van der Waals surface area contributed by atoms with Crippen molar-refractivity contribution in [3.8, 4) is 0 Å². The lowest BCUT2D eigenvalue weighted by atomic mass is 10.2. The van der Waals surface area contributed by atoms with Crippen LogP contribution in [0.2, 0.25) is 0 Å². The van der Waals surface area contributed by atoms with E-state index >= 15 is 0 Å². The quantitative estimate of drug-likeness (QED) is 0.691. The third-order valence-corrected chi connectivity index (χ3v) is 4.14. The minimum atomic E-state index is -0.140. The molecule has 0 saturated carbocycles. The maximum Gasteiger partial charge on any atom is 0.255 e. The van der Waals surface area contributed by atoms with E-state index in [1.807, 2.05) is 30.3 Å². The molecule has 0 radical (unpaired) electrons. The molecule has 0 saturated heterocycles. The highest BCUT2D eigenvalue weighted by Crippen LogP contribution is 2.19. The molecule has 2 aromatic carbocycles. The van der Waals surface area contributed by atoms with E-state index in [0.29, 0.717) is 5.56 Å². The predicted octanol–water partition coefficient (Wildman–Crippen LogP) is 3.55. The van der Waals surface area contributed by atoms with Crippen molar-refractivity contribution in [3.63, 3.8) is 0 Å². The molecule has 1 heterocycles. The van der Waals surface area contributed by atoms with Crippen molar-refractivity contribution in [1.82, 2.24) is 8.75 Å². The van der Waals surface area contributed by atoms with Gasteiger partial charge in [0.15, 0.2) is 0 Å². The molecule has 1 amide bonds. The van der Waals surface area contributed by atoms with Crippen molar-refractivity contribution in [3.05, 3.63) is 51.6 Å². The van der Waals surface area contributed by atoms with Crippen molar-refractivity contribution < 1.29 is 4.79 Å². The summed E-state index contributed by atoms with van der Waals surface area (Å²) in [7, 11) is 0. The third kappa shape index (κ3) is 2.59. The third-order valence-electron chi connectivity index (χ3n) is 2.64. The summed E-state index contributed by atoms with van der Waals surface area (Å²) in [5.41, 5.74) is 2.96. The Hall–Kier alpha value is -1.54. The van der Waals surface area contributed by atoms with Crippen LogP contribution in [0.5, 0.6) is 0 Å². The summed E-state index contributed by atoms with van der Waals surface area (Å²) in [5.74, 6) is -0.140. The van der Waals surface area contributed by atoms with Gasteiger partial charge in [-0.2, -0.15) is 8.75 Å². The van der Waals surface area contributed by atoms with Gasteiger partial charge in [0.05, 0.1) is 17.4 Å². The van der Waals surface area contributed by atoms with E-state index in [9.17, 15) is 4.79 Å². The molecule has 0 fully saturated rings. The lowest BCUT2D eigenvalue weighted by molar-refractivity contribution is 0.102. The van der Waals surface area contributed by atoms with Crippen molar-refractivity contribution in [2.75, 3.05) is 5.32 Å². The Balaban J connectivity index is 1.89. The fraction of sp³-hybridized carbons (Fsp3) is 0. The van der Waals surface area contributed by atoms with Gasteiger partial charge in [0.25, 0.3) is 5.91 Å². The highest BCUT2D eigenvalue weighted by Gasteiger charge is 2.09. The number of amides is 1. The summed E-state index contributed by atoms with van der Waals surface area (Å²) in [6, 6.07) is 13.0. The predicted molar refractivity (Wildman–Crippen MR) is 84.5 cm³/mol. The fourth-order valence-corrected chi connectivity index (χ4v) is 2.72. The summed E-state index contributed by atoms with van der Waals surface area (Å²) >= 11 is 3.34. The molecule has 0 unspecified atom stereocenters. The highest BCUT2D eigenvalue weighted by atomic mass is 127. The van der Waals surface area contributed by atoms with Gasteiger partial charge in [-0.3, -0.25) is 4.79 Å². The Morgan fingerprint density at radius 1 is 1.11 bits per heavy atom. The van der Waals surface area contributed by atoms with Gasteiger partial charge in [0.2, 0.25) is 0 Å². The number of nitrogens with zero attached hydrogens (tertiary/aromatic N) is 2. The van der Waals surface area contributed by atoms with Crippen molar-refractivity contribution in [1.29, 1.82) is 0 Å². The zero-order chi connectivity index (χ0) is 13.2. The number of halogens is 1. The van der Waals surface area contributed by atoms with E-state index in [1.165, 1.54) is 0 Å². The first-order chi connectivity index (χ1) is 9.24. The Morgan fingerprint density at radius 3 is 2.74 bits per heavy atom. The molecule has 19 heavy (non-hydrogen) atoms. The maximum atomic E-state index is 12.2. The molecular weight excluding hydrogens is 373 g/mol. The second-order valence-corrected chi connectivity index (χ2v) is 5.59. The highest BCUT2D eigenvalue weighted by molar-refractivity contribution is 14.1. The molecule has 1 aromatic heterocycles. The van der Waals surface area contributed by atoms with E-state index in [4.69, 9.17) is 0 Å². The summed E-state index contributed by atoms with van der Waals surface area (Å²) in [5, 5.41) is 2.89. The van der Waals surface area contributed by atoms with Crippen molar-refractivity contribution in [2.24, 2.45) is 0 Å². The van der Waals surface area contributed by atoms with Crippen LogP contribution in [0, 0.1) is 3.57 Å². The van der Waals surface area contributed by atoms with E-state index in [1.54, 1.807) is 12.1 Å². The number of rotatable bonds is 2. The zero-order valence-corrected chi connectivity index (χ0v) is 12.6. The van der Waals surface area contributed by atoms with Crippen LogP contribution in [0.4, 0.5) is 5.69 Å². The number of carbonyl (C=O) groups is 1. The van der Waals surface area contributed by atoms with E-state index in [-0.39, 0.29) is 5.91 Å². The number of carbonyl (C=O) groups excluding carboxylic acids is 1. The second-order valence-electron chi connectivity index (χ2n) is 3.90. The summed E-state index contributed by atoms with van der Waals surface area (Å²) in [6.45, 7) is 0. The standard InChI is InChI=1S/C13H8IN3OS/c14-9-3-1-2-4-10(9)15-13(18)8-5-6-11-12(7-8)17-19-16-11/h1-7H,(H,15,18). The van der Waals surface area contributed by atoms with Crippen molar-refractivity contribution in [2.45, 2.75) is 0 Å². The van der Waals surface area contributed by atoms with Crippen LogP contribution in [0.1, 0.15) is 10.4 Å². The van der Waals surface area contributed by atoms with Gasteiger partial charge < -0.3 is 5.32 Å². The Bertz CT molecular complexity index is 756. The normalized spacial score (nSPS) is 10.6. The minimum absolute atomic E-state index is 0.140. The molecule has 4 nitrogen and oxygen atoms in total. The van der Waals surface area contributed by atoms with Gasteiger partial charge in [0, 0.05) is 9.13 Å². The average Bonchev–Trinajstić information content (AvgIpc) is 2.88. The summed E-state index contributed by atoms with van der Waals surface area (Å²) in [6.07, 6.45) is 0. The first-order valence-corrected chi connectivity index (χ1v) is 7.33. The molecule has 6 heteroatoms. The largest absolute Gasteiger partial charge is 0.321 e. The average molecular weight is 381 g/mol. The minimum Gasteiger partial charge on any atom is -0.321 e. The van der Waals surface area contributed by atoms with E-state index < -0.39 is 0 Å². The first kappa shape index (κ1) is 12.5. The number of para-hydroxylation sites is 1. The number of hydrogen-bond donors (Lipinski definition) is 1. The smallest absolute Gasteiger partial charge is 0.255 e. The van der Waals surface area contributed by atoms with Crippen LogP contribution >= 0.6 is 34.3 Å². The lowest BCUT2D eigenvalue weighted by Crippen LogP contribution is -2.12. The monoisotopic (exact) mass is 381 g/mol. The van der Waals surface area contributed by atoms with Crippen LogP contribution in [0.3, 0.4) is 0 Å². The molecule has 94 valence electrons. The second kappa shape index (κ2) is 5.22. The van der Waals surface area contributed by atoms with Gasteiger partial charge in [0.1, 0.15) is 11.0 Å². The Kier molecular flexibility index (Phi) is 3.43. The zero-order valence-electron chi connectivity index (χ0n) is 9.63. The van der Waals surface area contributed by atoms with Gasteiger partial charge >= 0.3 is 0 Å². The Labute approximate surface area is 127 Å². The van der Waals surface area contributed by atoms with Gasteiger partial charge in [-0.15, -0.1) is 0 Å². The summed E-state index contributed by atoms with van der Waals surface area (Å²) < 4.78 is 9.25. The molecule has 1 N–H and O–H groups in total. The molecule has 3 aromatic rings. The molecule has 3 rings (SSSR count). The molecule has 0 aliphatic rings. The number of anilines is 1. The van der Waals surface area contributed by atoms with Crippen molar-refractivity contribution >= 4 is 56.9 Å². The number of hydrogen-bond acceptors (Lipinski definition) is 4. The van der Waals surface area contributed by atoms with Crippen LogP contribution < -0.4 is 5.32 Å². The fourth-order valence-electron chi connectivity index (χ4n) is 1.68. The number of nitrogens with one attached hydrogen (secondary N) is 1. The van der Waals surface area contributed by atoms with Crippen LogP contribution in [0.15, 0.2) is 42.5 Å². The maximum absolute atomic E-state index is 12.2. The molecule has 0 atom stereocenters. The number of fused-ring (bicyclic) bond motifs is 1. The lowest BCUT2D eigenvalue weighted by Gasteiger charge is -2.06. The molecule has 0 spiro atoms. The molecule has 0 aliphatic heterocycles. The number of aromatic nitrogens is 2. The Morgan fingerprint density at radius 2 is 1.89 bits per heavy atom. The van der Waals surface area contributed by atoms with Gasteiger partial charge in [-0.25, -0.2) is 0 Å². The first-order valence-electron chi connectivity index (χ1n) is 5.52. The van der Waals surface area contributed by atoms with Gasteiger partial charge in [-0.1, -0.05) is 12.1 Å². The topological polar surface area (TPSA) is 54.9 Å². The molecule has 0 bridgehead atoms. The van der Waals surface area contributed by atoms with E-state index in [2.05, 4.69) is 36.7 Å².